The highest BCUT2D eigenvalue weighted by Gasteiger charge is 2.13. The number of amides is 2. The lowest BCUT2D eigenvalue weighted by Gasteiger charge is -2.09. The van der Waals surface area contributed by atoms with Crippen LogP contribution in [-0.2, 0) is 6.54 Å². The van der Waals surface area contributed by atoms with E-state index in [0.29, 0.717) is 11.4 Å². The van der Waals surface area contributed by atoms with Crippen molar-refractivity contribution in [3.05, 3.63) is 88.8 Å². The first-order valence-corrected chi connectivity index (χ1v) is 10.6. The summed E-state index contributed by atoms with van der Waals surface area (Å²) >= 11 is 1.54. The van der Waals surface area contributed by atoms with E-state index in [9.17, 15) is 9.59 Å². The van der Waals surface area contributed by atoms with Crippen molar-refractivity contribution in [1.29, 1.82) is 0 Å². The number of aryl methyl sites for hydroxylation is 1. The van der Waals surface area contributed by atoms with Gasteiger partial charge in [0.05, 0.1) is 17.1 Å². The third-order valence-corrected chi connectivity index (χ3v) is 5.79. The molecule has 2 N–H and O–H groups in total. The van der Waals surface area contributed by atoms with E-state index in [2.05, 4.69) is 20.7 Å². The highest BCUT2D eigenvalue weighted by atomic mass is 32.1. The summed E-state index contributed by atoms with van der Waals surface area (Å²) in [7, 11) is 0. The number of benzene rings is 2. The summed E-state index contributed by atoms with van der Waals surface area (Å²) in [5.74, 6) is 0. The maximum Gasteiger partial charge on any atom is 0.319 e. The van der Waals surface area contributed by atoms with Crippen molar-refractivity contribution in [3.8, 4) is 21.1 Å². The molecule has 0 aliphatic carbocycles. The van der Waals surface area contributed by atoms with Crippen LogP contribution in [0.2, 0.25) is 0 Å². The number of aromatic nitrogens is 3. The van der Waals surface area contributed by atoms with E-state index < -0.39 is 0 Å². The van der Waals surface area contributed by atoms with Gasteiger partial charge in [0.1, 0.15) is 10.7 Å². The Balaban J connectivity index is 1.45. The fourth-order valence-electron chi connectivity index (χ4n) is 3.04. The van der Waals surface area contributed by atoms with Crippen LogP contribution in [0.1, 0.15) is 5.69 Å². The number of carbonyl (C=O) groups excluding carboxylic acids is 1. The summed E-state index contributed by atoms with van der Waals surface area (Å²) in [6.07, 6.45) is 0. The van der Waals surface area contributed by atoms with E-state index in [0.717, 1.165) is 21.1 Å². The fraction of sp³-hybridized carbons (Fsp3) is 0.130. The van der Waals surface area contributed by atoms with Gasteiger partial charge in [0.15, 0.2) is 0 Å². The van der Waals surface area contributed by atoms with Gasteiger partial charge in [-0.15, -0.1) is 11.3 Å². The highest BCUT2D eigenvalue weighted by Crippen LogP contribution is 2.33. The van der Waals surface area contributed by atoms with Crippen LogP contribution in [0.5, 0.6) is 0 Å². The number of thiazole rings is 1. The number of carbonyl (C=O) groups is 1. The zero-order chi connectivity index (χ0) is 21.6. The minimum atomic E-state index is -0.332. The third-order valence-electron chi connectivity index (χ3n) is 4.56. The average Bonchev–Trinajstić information content (AvgIpc) is 3.18. The smallest absolute Gasteiger partial charge is 0.319 e. The maximum atomic E-state index is 12.2. The topological polar surface area (TPSA) is 88.9 Å². The summed E-state index contributed by atoms with van der Waals surface area (Å²) in [6, 6.07) is 22.0. The highest BCUT2D eigenvalue weighted by molar-refractivity contribution is 7.18. The average molecular weight is 432 g/mol. The summed E-state index contributed by atoms with van der Waals surface area (Å²) in [5, 5.41) is 10.9. The number of nitrogens with one attached hydrogen (secondary N) is 2. The summed E-state index contributed by atoms with van der Waals surface area (Å²) in [6.45, 7) is 2.47. The van der Waals surface area contributed by atoms with Crippen LogP contribution in [0.15, 0.2) is 77.6 Å². The molecule has 0 fully saturated rings. The number of para-hydroxylation sites is 1. The molecule has 2 amide bonds. The molecular formula is C23H21N5O2S. The van der Waals surface area contributed by atoms with Gasteiger partial charge in [0.25, 0.3) is 5.56 Å². The Morgan fingerprint density at radius 3 is 2.45 bits per heavy atom. The Morgan fingerprint density at radius 1 is 1.00 bits per heavy atom. The van der Waals surface area contributed by atoms with Crippen molar-refractivity contribution in [2.45, 2.75) is 13.5 Å². The number of anilines is 1. The number of nitrogens with zero attached hydrogens (tertiary/aromatic N) is 3. The van der Waals surface area contributed by atoms with Crippen molar-refractivity contribution in [2.75, 3.05) is 11.9 Å². The molecule has 2 heterocycles. The van der Waals surface area contributed by atoms with Gasteiger partial charge in [-0.3, -0.25) is 4.79 Å². The lowest BCUT2D eigenvalue weighted by Crippen LogP contribution is -2.34. The van der Waals surface area contributed by atoms with Gasteiger partial charge in [0, 0.05) is 23.9 Å². The van der Waals surface area contributed by atoms with E-state index >= 15 is 0 Å². The molecule has 0 saturated carbocycles. The molecule has 31 heavy (non-hydrogen) atoms. The van der Waals surface area contributed by atoms with Crippen molar-refractivity contribution < 1.29 is 4.79 Å². The number of hydrogen-bond acceptors (Lipinski definition) is 5. The molecule has 7 nitrogen and oxygen atoms in total. The Hall–Kier alpha value is -3.78. The van der Waals surface area contributed by atoms with E-state index in [4.69, 9.17) is 0 Å². The Labute approximate surface area is 183 Å². The van der Waals surface area contributed by atoms with Crippen molar-refractivity contribution in [2.24, 2.45) is 0 Å². The van der Waals surface area contributed by atoms with E-state index in [1.165, 1.54) is 10.7 Å². The van der Waals surface area contributed by atoms with E-state index in [1.807, 2.05) is 55.5 Å². The largest absolute Gasteiger partial charge is 0.336 e. The zero-order valence-electron chi connectivity index (χ0n) is 16.9. The standard InChI is InChI=1S/C23H21N5O2S/c1-16-21(31-22(25-16)17-8-4-2-5-9-17)19-12-13-20(29)28(27-19)15-14-24-23(30)26-18-10-6-3-7-11-18/h2-13H,14-15H2,1H3,(H2,24,26,30). The molecule has 156 valence electrons. The molecule has 8 heteroatoms. The second kappa shape index (κ2) is 9.36. The van der Waals surface area contributed by atoms with Gasteiger partial charge in [0.2, 0.25) is 0 Å². The Bertz CT molecular complexity index is 1240. The molecule has 0 aliphatic heterocycles. The first-order chi connectivity index (χ1) is 15.1. The Morgan fingerprint density at radius 2 is 1.71 bits per heavy atom. The van der Waals surface area contributed by atoms with Gasteiger partial charge in [-0.1, -0.05) is 48.5 Å². The summed E-state index contributed by atoms with van der Waals surface area (Å²) < 4.78 is 1.36. The zero-order valence-corrected chi connectivity index (χ0v) is 17.7. The number of urea groups is 1. The second-order valence-electron chi connectivity index (χ2n) is 6.83. The van der Waals surface area contributed by atoms with E-state index in [-0.39, 0.29) is 24.7 Å². The van der Waals surface area contributed by atoms with Crippen molar-refractivity contribution >= 4 is 23.1 Å². The first-order valence-electron chi connectivity index (χ1n) is 9.81. The molecule has 0 aliphatic rings. The quantitative estimate of drug-likeness (QED) is 0.480. The molecule has 0 atom stereocenters. The summed E-state index contributed by atoms with van der Waals surface area (Å²) in [4.78, 5) is 29.8. The molecule has 2 aromatic carbocycles. The molecule has 0 bridgehead atoms. The minimum Gasteiger partial charge on any atom is -0.336 e. The van der Waals surface area contributed by atoms with Crippen LogP contribution in [0.25, 0.3) is 21.1 Å². The molecule has 0 radical (unpaired) electrons. The first kappa shape index (κ1) is 20.5. The molecule has 4 aromatic rings. The van der Waals surface area contributed by atoms with Crippen LogP contribution in [0, 0.1) is 6.92 Å². The monoisotopic (exact) mass is 431 g/mol. The lowest BCUT2D eigenvalue weighted by molar-refractivity contribution is 0.251. The van der Waals surface area contributed by atoms with Crippen LogP contribution in [-0.4, -0.2) is 27.3 Å². The predicted molar refractivity (Wildman–Crippen MR) is 123 cm³/mol. The van der Waals surface area contributed by atoms with Gasteiger partial charge < -0.3 is 10.6 Å². The van der Waals surface area contributed by atoms with Crippen LogP contribution >= 0.6 is 11.3 Å². The molecule has 0 spiro atoms. The normalized spacial score (nSPS) is 10.6. The molecule has 4 rings (SSSR count). The summed E-state index contributed by atoms with van der Waals surface area (Å²) in [5.41, 5.74) is 3.07. The Kier molecular flexibility index (Phi) is 6.18. The number of rotatable bonds is 6. The van der Waals surface area contributed by atoms with E-state index in [1.54, 1.807) is 29.5 Å². The SMILES string of the molecule is Cc1nc(-c2ccccc2)sc1-c1ccc(=O)n(CCNC(=O)Nc2ccccc2)n1. The van der Waals surface area contributed by atoms with Gasteiger partial charge in [-0.05, 0) is 25.1 Å². The van der Waals surface area contributed by atoms with Gasteiger partial charge in [-0.2, -0.15) is 5.10 Å². The lowest BCUT2D eigenvalue weighted by atomic mass is 10.2. The van der Waals surface area contributed by atoms with Crippen LogP contribution in [0.3, 0.4) is 0 Å². The minimum absolute atomic E-state index is 0.223. The molecule has 0 unspecified atom stereocenters. The van der Waals surface area contributed by atoms with Crippen LogP contribution < -0.4 is 16.2 Å². The van der Waals surface area contributed by atoms with Crippen LogP contribution in [0.4, 0.5) is 10.5 Å². The number of hydrogen-bond donors (Lipinski definition) is 2. The maximum absolute atomic E-state index is 12.2. The molecule has 0 saturated heterocycles. The second-order valence-corrected chi connectivity index (χ2v) is 7.83. The third kappa shape index (κ3) is 5.04. The van der Waals surface area contributed by atoms with Crippen molar-refractivity contribution in [1.82, 2.24) is 20.1 Å². The fourth-order valence-corrected chi connectivity index (χ4v) is 4.08. The van der Waals surface area contributed by atoms with Crippen molar-refractivity contribution in [3.63, 3.8) is 0 Å². The molecule has 2 aromatic heterocycles. The van der Waals surface area contributed by atoms with Gasteiger partial charge in [-0.25, -0.2) is 14.5 Å². The van der Waals surface area contributed by atoms with Gasteiger partial charge >= 0.3 is 6.03 Å². The molecular weight excluding hydrogens is 410 g/mol. The predicted octanol–water partition coefficient (Wildman–Crippen LogP) is 4.16.